The van der Waals surface area contributed by atoms with Crippen LogP contribution in [-0.4, -0.2) is 22.2 Å². The van der Waals surface area contributed by atoms with Gasteiger partial charge in [-0.3, -0.25) is 9.48 Å². The maximum atomic E-state index is 12.7. The molecule has 104 valence electrons. The highest BCUT2D eigenvalue weighted by Gasteiger charge is 2.22. The quantitative estimate of drug-likeness (QED) is 0.815. The van der Waals surface area contributed by atoms with Crippen LogP contribution in [0.2, 0.25) is 5.02 Å². The summed E-state index contributed by atoms with van der Waals surface area (Å²) in [5.74, 6) is 0.765. The highest BCUT2D eigenvalue weighted by molar-refractivity contribution is 6.34. The van der Waals surface area contributed by atoms with Gasteiger partial charge in [-0.1, -0.05) is 11.6 Å². The number of ether oxygens (including phenoxy) is 1. The normalized spacial score (nSPS) is 13.4. The third-order valence-corrected chi connectivity index (χ3v) is 3.68. The van der Waals surface area contributed by atoms with Gasteiger partial charge in [0.25, 0.3) is 0 Å². The fraction of sp³-hybridized carbons (Fsp3) is 0.333. The van der Waals surface area contributed by atoms with E-state index in [1.165, 1.54) is 6.20 Å². The number of carbonyl (C=O) groups is 1. The summed E-state index contributed by atoms with van der Waals surface area (Å²) in [5.41, 5.74) is 2.14. The topological polar surface area (TPSA) is 44.1 Å². The lowest BCUT2D eigenvalue weighted by Crippen LogP contribution is -2.14. The van der Waals surface area contributed by atoms with E-state index in [2.05, 4.69) is 5.10 Å². The molecule has 2 heterocycles. The van der Waals surface area contributed by atoms with Gasteiger partial charge in [0.2, 0.25) is 5.78 Å². The van der Waals surface area contributed by atoms with Crippen LogP contribution in [0.1, 0.15) is 41.5 Å². The molecule has 0 saturated heterocycles. The number of rotatable bonds is 3. The zero-order valence-corrected chi connectivity index (χ0v) is 12.1. The summed E-state index contributed by atoms with van der Waals surface area (Å²) in [6.45, 7) is 4.62. The highest BCUT2D eigenvalue weighted by atomic mass is 35.5. The molecule has 20 heavy (non-hydrogen) atoms. The molecule has 2 aromatic rings. The van der Waals surface area contributed by atoms with E-state index in [0.29, 0.717) is 22.9 Å². The van der Waals surface area contributed by atoms with Crippen LogP contribution in [0.15, 0.2) is 24.4 Å². The van der Waals surface area contributed by atoms with Gasteiger partial charge in [-0.15, -0.1) is 0 Å². The van der Waals surface area contributed by atoms with Crippen LogP contribution in [0.5, 0.6) is 5.75 Å². The largest absolute Gasteiger partial charge is 0.493 e. The summed E-state index contributed by atoms with van der Waals surface area (Å²) >= 11 is 6.12. The molecule has 0 bridgehead atoms. The molecule has 0 saturated carbocycles. The summed E-state index contributed by atoms with van der Waals surface area (Å²) in [6.07, 6.45) is 2.36. The van der Waals surface area contributed by atoms with Crippen LogP contribution >= 0.6 is 11.6 Å². The Bertz CT molecular complexity index is 677. The van der Waals surface area contributed by atoms with Crippen LogP contribution in [0, 0.1) is 0 Å². The van der Waals surface area contributed by atoms with Crippen molar-refractivity contribution < 1.29 is 9.53 Å². The van der Waals surface area contributed by atoms with E-state index < -0.39 is 0 Å². The Morgan fingerprint density at radius 3 is 3.00 bits per heavy atom. The van der Waals surface area contributed by atoms with Gasteiger partial charge in [0.05, 0.1) is 17.8 Å². The minimum absolute atomic E-state index is 0.0826. The molecular weight excluding hydrogens is 276 g/mol. The first-order valence-corrected chi connectivity index (χ1v) is 6.99. The SMILES string of the molecule is CC(C)n1ncc(Cl)c1C(=O)c1ccc2c(c1)CCO2. The van der Waals surface area contributed by atoms with E-state index in [-0.39, 0.29) is 11.8 Å². The molecule has 4 nitrogen and oxygen atoms in total. The second-order valence-electron chi connectivity index (χ2n) is 5.13. The number of benzene rings is 1. The minimum atomic E-state index is -0.101. The van der Waals surface area contributed by atoms with Crippen molar-refractivity contribution in [1.82, 2.24) is 9.78 Å². The maximum Gasteiger partial charge on any atom is 0.212 e. The number of hydrogen-bond donors (Lipinski definition) is 0. The molecule has 0 fully saturated rings. The number of ketones is 1. The summed E-state index contributed by atoms with van der Waals surface area (Å²) in [4.78, 5) is 12.7. The predicted molar refractivity (Wildman–Crippen MR) is 76.7 cm³/mol. The third-order valence-electron chi connectivity index (χ3n) is 3.41. The fourth-order valence-electron chi connectivity index (χ4n) is 2.41. The molecule has 1 aliphatic rings. The number of fused-ring (bicyclic) bond motifs is 1. The molecule has 0 unspecified atom stereocenters. The second-order valence-corrected chi connectivity index (χ2v) is 5.54. The molecule has 0 atom stereocenters. The van der Waals surface area contributed by atoms with Gasteiger partial charge < -0.3 is 4.74 Å². The first-order chi connectivity index (χ1) is 9.58. The lowest BCUT2D eigenvalue weighted by Gasteiger charge is -2.11. The molecular formula is C15H15ClN2O2. The van der Waals surface area contributed by atoms with Gasteiger partial charge in [0.15, 0.2) is 0 Å². The zero-order valence-electron chi connectivity index (χ0n) is 11.4. The molecule has 0 spiro atoms. The van der Waals surface area contributed by atoms with Gasteiger partial charge >= 0.3 is 0 Å². The molecule has 5 heteroatoms. The molecule has 1 aliphatic heterocycles. The molecule has 3 rings (SSSR count). The third kappa shape index (κ3) is 2.10. The van der Waals surface area contributed by atoms with Gasteiger partial charge in [0.1, 0.15) is 11.4 Å². The first kappa shape index (κ1) is 13.2. The second kappa shape index (κ2) is 4.94. The molecule has 0 N–H and O–H groups in total. The van der Waals surface area contributed by atoms with Crippen LogP contribution in [0.4, 0.5) is 0 Å². The van der Waals surface area contributed by atoms with Crippen LogP contribution in [-0.2, 0) is 6.42 Å². The Hall–Kier alpha value is -1.81. The summed E-state index contributed by atoms with van der Waals surface area (Å²) in [7, 11) is 0. The molecule has 0 amide bonds. The lowest BCUT2D eigenvalue weighted by molar-refractivity contribution is 0.102. The maximum absolute atomic E-state index is 12.7. The van der Waals surface area contributed by atoms with E-state index in [1.54, 1.807) is 10.7 Å². The lowest BCUT2D eigenvalue weighted by atomic mass is 10.0. The van der Waals surface area contributed by atoms with E-state index >= 15 is 0 Å². The van der Waals surface area contributed by atoms with Crippen molar-refractivity contribution in [3.05, 3.63) is 46.2 Å². The van der Waals surface area contributed by atoms with Gasteiger partial charge in [-0.25, -0.2) is 0 Å². The zero-order chi connectivity index (χ0) is 14.3. The number of hydrogen-bond acceptors (Lipinski definition) is 3. The predicted octanol–water partition coefficient (Wildman–Crippen LogP) is 3.28. The van der Waals surface area contributed by atoms with Crippen LogP contribution < -0.4 is 4.74 Å². The standard InChI is InChI=1S/C15H15ClN2O2/c1-9(2)18-14(12(16)8-17-18)15(19)11-3-4-13-10(7-11)5-6-20-13/h3-4,7-9H,5-6H2,1-2H3. The van der Waals surface area contributed by atoms with E-state index in [9.17, 15) is 4.79 Å². The number of carbonyl (C=O) groups excluding carboxylic acids is 1. The van der Waals surface area contributed by atoms with Crippen molar-refractivity contribution in [3.63, 3.8) is 0 Å². The summed E-state index contributed by atoms with van der Waals surface area (Å²) in [5, 5.41) is 4.56. The van der Waals surface area contributed by atoms with Gasteiger partial charge in [-0.05, 0) is 37.6 Å². The Morgan fingerprint density at radius 1 is 1.45 bits per heavy atom. The van der Waals surface area contributed by atoms with Crippen LogP contribution in [0.3, 0.4) is 0 Å². The highest BCUT2D eigenvalue weighted by Crippen LogP contribution is 2.28. The van der Waals surface area contributed by atoms with Gasteiger partial charge in [-0.2, -0.15) is 5.10 Å². The van der Waals surface area contributed by atoms with Gasteiger partial charge in [0, 0.05) is 18.0 Å². The first-order valence-electron chi connectivity index (χ1n) is 6.61. The van der Waals surface area contributed by atoms with Crippen molar-refractivity contribution in [3.8, 4) is 5.75 Å². The average Bonchev–Trinajstić information content (AvgIpc) is 3.03. The Labute approximate surface area is 122 Å². The smallest absolute Gasteiger partial charge is 0.212 e. The number of nitrogens with zero attached hydrogens (tertiary/aromatic N) is 2. The van der Waals surface area contributed by atoms with E-state index in [0.717, 1.165) is 17.7 Å². The molecule has 1 aromatic heterocycles. The summed E-state index contributed by atoms with van der Waals surface area (Å²) in [6, 6.07) is 5.60. The Morgan fingerprint density at radius 2 is 2.25 bits per heavy atom. The average molecular weight is 291 g/mol. The van der Waals surface area contributed by atoms with E-state index in [4.69, 9.17) is 16.3 Å². The van der Waals surface area contributed by atoms with E-state index in [1.807, 2.05) is 26.0 Å². The van der Waals surface area contributed by atoms with Crippen molar-refractivity contribution in [1.29, 1.82) is 0 Å². The Balaban J connectivity index is 2.03. The van der Waals surface area contributed by atoms with Crippen molar-refractivity contribution in [2.75, 3.05) is 6.61 Å². The molecule has 1 aromatic carbocycles. The Kier molecular flexibility index (Phi) is 3.26. The minimum Gasteiger partial charge on any atom is -0.493 e. The number of aromatic nitrogens is 2. The summed E-state index contributed by atoms with van der Waals surface area (Å²) < 4.78 is 7.12. The van der Waals surface area contributed by atoms with Crippen molar-refractivity contribution in [2.45, 2.75) is 26.3 Å². The number of halogens is 1. The van der Waals surface area contributed by atoms with Crippen LogP contribution in [0.25, 0.3) is 0 Å². The molecule has 0 radical (unpaired) electrons. The monoisotopic (exact) mass is 290 g/mol. The molecule has 0 aliphatic carbocycles. The fourth-order valence-corrected chi connectivity index (χ4v) is 2.63. The van der Waals surface area contributed by atoms with Crippen molar-refractivity contribution in [2.24, 2.45) is 0 Å². The van der Waals surface area contributed by atoms with Crippen molar-refractivity contribution >= 4 is 17.4 Å².